The van der Waals surface area contributed by atoms with Crippen LogP contribution in [0.3, 0.4) is 0 Å². The van der Waals surface area contributed by atoms with Gasteiger partial charge in [0.05, 0.1) is 0 Å². The lowest BCUT2D eigenvalue weighted by Gasteiger charge is -2.07. The quantitative estimate of drug-likeness (QED) is 0.649. The van der Waals surface area contributed by atoms with Gasteiger partial charge < -0.3 is 10.2 Å². The zero-order valence-electron chi connectivity index (χ0n) is 15.4. The summed E-state index contributed by atoms with van der Waals surface area (Å²) >= 11 is 3.80. The number of hydrogen-bond donors (Lipinski definition) is 2. The minimum Gasteiger partial charge on any atom is -0.354 e. The number of anilines is 2. The molecule has 2 aromatic heterocycles. The molecule has 9 heteroatoms. The van der Waals surface area contributed by atoms with Gasteiger partial charge in [-0.05, 0) is 32.6 Å². The average molecular weight is 383 g/mol. The van der Waals surface area contributed by atoms with Crippen LogP contribution in [-0.4, -0.2) is 52.0 Å². The van der Waals surface area contributed by atoms with E-state index in [-0.39, 0.29) is 5.91 Å². The van der Waals surface area contributed by atoms with Crippen LogP contribution >= 0.6 is 23.1 Å². The summed E-state index contributed by atoms with van der Waals surface area (Å²) in [5.74, 6) is 2.81. The predicted molar refractivity (Wildman–Crippen MR) is 106 cm³/mol. The molecule has 2 rings (SSSR count). The molecule has 0 unspecified atom stereocenters. The Bertz CT molecular complexity index is 710. The Morgan fingerprint density at radius 2 is 2.20 bits per heavy atom. The second-order valence-electron chi connectivity index (χ2n) is 6.10. The molecule has 0 bridgehead atoms. The first-order chi connectivity index (χ1) is 11.8. The van der Waals surface area contributed by atoms with Crippen molar-refractivity contribution >= 4 is 40.9 Å². The molecule has 0 aromatic carbocycles. The van der Waals surface area contributed by atoms with Crippen molar-refractivity contribution < 1.29 is 4.79 Å². The highest BCUT2D eigenvalue weighted by Crippen LogP contribution is 2.26. The molecule has 2 N–H and O–H groups in total. The molecule has 0 atom stereocenters. The number of aromatic nitrogens is 3. The number of thiophene rings is 1. The van der Waals surface area contributed by atoms with Crippen LogP contribution in [0.4, 0.5) is 11.9 Å². The number of thioether (sulfide) groups is 1. The molecule has 0 saturated heterocycles. The van der Waals surface area contributed by atoms with Crippen LogP contribution in [0.15, 0.2) is 6.07 Å². The average Bonchev–Trinajstić information content (AvgIpc) is 3.01. The number of carbonyl (C=O) groups excluding carboxylic acids is 1. The van der Waals surface area contributed by atoms with Crippen molar-refractivity contribution in [1.29, 1.82) is 0 Å². The van der Waals surface area contributed by atoms with Gasteiger partial charge in [0, 0.05) is 48.3 Å². The summed E-state index contributed by atoms with van der Waals surface area (Å²) in [6.45, 7) is 5.43. The monoisotopic (exact) mass is 382 g/mol. The Morgan fingerprint density at radius 3 is 2.88 bits per heavy atom. The topological polar surface area (TPSA) is 75.1 Å². The molecule has 7 nitrogen and oxygen atoms in total. The van der Waals surface area contributed by atoms with E-state index in [0.717, 1.165) is 24.6 Å². The lowest BCUT2D eigenvalue weighted by atomic mass is 10.2. The Labute approximate surface area is 157 Å². The maximum atomic E-state index is 11.0. The van der Waals surface area contributed by atoms with E-state index in [1.54, 1.807) is 11.7 Å². The van der Waals surface area contributed by atoms with E-state index in [1.807, 2.05) is 23.1 Å². The van der Waals surface area contributed by atoms with Gasteiger partial charge in [0.25, 0.3) is 5.95 Å². The first kappa shape index (κ1) is 19.7. The third kappa shape index (κ3) is 6.33. The van der Waals surface area contributed by atoms with Crippen molar-refractivity contribution in [2.75, 3.05) is 37.0 Å². The first-order valence-corrected chi connectivity index (χ1v) is 10.1. The lowest BCUT2D eigenvalue weighted by molar-refractivity contribution is -0.114. The smallest absolute Gasteiger partial charge is 0.250 e. The molecule has 25 heavy (non-hydrogen) atoms. The Morgan fingerprint density at radius 1 is 1.44 bits per heavy atom. The SMILES string of the molecule is CC(=O)Nc1nc(NCCSCc2cc(C)c(CN(C)C)s2)n(C)n1. The number of hydrogen-bond acceptors (Lipinski definition) is 7. The normalized spacial score (nSPS) is 11.1. The third-order valence-corrected chi connectivity index (χ3v) is 5.77. The van der Waals surface area contributed by atoms with Gasteiger partial charge in [0.15, 0.2) is 0 Å². The maximum absolute atomic E-state index is 11.0. The largest absolute Gasteiger partial charge is 0.354 e. The third-order valence-electron chi connectivity index (χ3n) is 3.36. The molecule has 2 aromatic rings. The second kappa shape index (κ2) is 9.21. The predicted octanol–water partition coefficient (Wildman–Crippen LogP) is 2.55. The molecule has 0 spiro atoms. The summed E-state index contributed by atoms with van der Waals surface area (Å²) in [5.41, 5.74) is 1.39. The fraction of sp³-hybridized carbons (Fsp3) is 0.562. The molecule has 0 radical (unpaired) electrons. The number of carbonyl (C=O) groups is 1. The summed E-state index contributed by atoms with van der Waals surface area (Å²) in [6, 6.07) is 2.30. The molecule has 0 aliphatic heterocycles. The van der Waals surface area contributed by atoms with Gasteiger partial charge in [-0.15, -0.1) is 16.4 Å². The Kier molecular flexibility index (Phi) is 7.27. The summed E-state index contributed by atoms with van der Waals surface area (Å²) < 4.78 is 1.63. The number of nitrogens with one attached hydrogen (secondary N) is 2. The Balaban J connectivity index is 1.73. The zero-order chi connectivity index (χ0) is 18.4. The van der Waals surface area contributed by atoms with E-state index in [2.05, 4.69) is 52.7 Å². The molecule has 2 heterocycles. The fourth-order valence-electron chi connectivity index (χ4n) is 2.26. The number of aryl methyl sites for hydroxylation is 2. The molecular weight excluding hydrogens is 356 g/mol. The summed E-state index contributed by atoms with van der Waals surface area (Å²) in [4.78, 5) is 20.3. The molecule has 1 amide bonds. The van der Waals surface area contributed by atoms with Crippen molar-refractivity contribution in [3.63, 3.8) is 0 Å². The van der Waals surface area contributed by atoms with Crippen LogP contribution in [0, 0.1) is 6.92 Å². The standard InChI is InChI=1S/C16H26N6OS2/c1-11-8-13(25-14(11)9-21(3)4)10-24-7-6-17-16-19-15(18-12(2)23)20-22(16)5/h8H,6-7,9-10H2,1-5H3,(H2,17,18,19,20,23). The highest BCUT2D eigenvalue weighted by atomic mass is 32.2. The maximum Gasteiger partial charge on any atom is 0.250 e. The van der Waals surface area contributed by atoms with Crippen LogP contribution in [0.1, 0.15) is 22.2 Å². The summed E-state index contributed by atoms with van der Waals surface area (Å²) in [5, 5.41) is 9.97. The van der Waals surface area contributed by atoms with Gasteiger partial charge >= 0.3 is 0 Å². The van der Waals surface area contributed by atoms with Gasteiger partial charge in [-0.3, -0.25) is 10.1 Å². The summed E-state index contributed by atoms with van der Waals surface area (Å²) in [7, 11) is 6.00. The Hall–Kier alpha value is -1.58. The minimum atomic E-state index is -0.174. The van der Waals surface area contributed by atoms with Gasteiger partial charge in [-0.2, -0.15) is 16.7 Å². The van der Waals surface area contributed by atoms with Gasteiger partial charge in [0.2, 0.25) is 11.9 Å². The van der Waals surface area contributed by atoms with Crippen molar-refractivity contribution in [3.05, 3.63) is 21.4 Å². The molecule has 0 saturated carbocycles. The fourth-order valence-corrected chi connectivity index (χ4v) is 4.52. The zero-order valence-corrected chi connectivity index (χ0v) is 17.1. The van der Waals surface area contributed by atoms with Crippen molar-refractivity contribution in [2.24, 2.45) is 7.05 Å². The van der Waals surface area contributed by atoms with Crippen LogP contribution in [0.5, 0.6) is 0 Å². The van der Waals surface area contributed by atoms with Crippen LogP contribution < -0.4 is 10.6 Å². The van der Waals surface area contributed by atoms with E-state index in [1.165, 1.54) is 22.2 Å². The lowest BCUT2D eigenvalue weighted by Crippen LogP contribution is -2.09. The van der Waals surface area contributed by atoms with Crippen LogP contribution in [-0.2, 0) is 24.1 Å². The molecule has 0 aliphatic carbocycles. The molecular formula is C16H26N6OS2. The number of rotatable bonds is 9. The summed E-state index contributed by atoms with van der Waals surface area (Å²) in [6.07, 6.45) is 0. The highest BCUT2D eigenvalue weighted by Gasteiger charge is 2.08. The highest BCUT2D eigenvalue weighted by molar-refractivity contribution is 7.98. The number of nitrogens with zero attached hydrogens (tertiary/aromatic N) is 4. The minimum absolute atomic E-state index is 0.174. The van der Waals surface area contributed by atoms with Crippen molar-refractivity contribution in [1.82, 2.24) is 19.7 Å². The van der Waals surface area contributed by atoms with E-state index in [4.69, 9.17) is 0 Å². The van der Waals surface area contributed by atoms with E-state index >= 15 is 0 Å². The van der Waals surface area contributed by atoms with E-state index in [9.17, 15) is 4.79 Å². The van der Waals surface area contributed by atoms with Crippen molar-refractivity contribution in [3.8, 4) is 0 Å². The van der Waals surface area contributed by atoms with E-state index < -0.39 is 0 Å². The second-order valence-corrected chi connectivity index (χ2v) is 8.43. The number of amides is 1. The van der Waals surface area contributed by atoms with Crippen LogP contribution in [0.2, 0.25) is 0 Å². The molecule has 0 fully saturated rings. The van der Waals surface area contributed by atoms with E-state index in [0.29, 0.717) is 11.9 Å². The molecule has 0 aliphatic rings. The van der Waals surface area contributed by atoms with Crippen LogP contribution in [0.25, 0.3) is 0 Å². The van der Waals surface area contributed by atoms with Gasteiger partial charge in [0.1, 0.15) is 0 Å². The van der Waals surface area contributed by atoms with Gasteiger partial charge in [-0.25, -0.2) is 4.68 Å². The van der Waals surface area contributed by atoms with Crippen molar-refractivity contribution in [2.45, 2.75) is 26.1 Å². The molecule has 138 valence electrons. The van der Waals surface area contributed by atoms with Gasteiger partial charge in [-0.1, -0.05) is 0 Å². The first-order valence-electron chi connectivity index (χ1n) is 8.08.